The number of carboxylic acid groups (broad SMARTS) is 1. The Bertz CT molecular complexity index is 1180. The number of quaternary nitrogens is 1. The van der Waals surface area contributed by atoms with E-state index in [1.807, 2.05) is 18.2 Å². The number of rotatable bonds is 10. The Kier molecular flexibility index (Phi) is 9.69. The van der Waals surface area contributed by atoms with E-state index in [0.717, 1.165) is 21.6 Å². The first-order valence-corrected chi connectivity index (χ1v) is 10.9. The third kappa shape index (κ3) is 6.13. The second kappa shape index (κ2) is 12.2. The third-order valence-corrected chi connectivity index (χ3v) is 5.91. The van der Waals surface area contributed by atoms with Gasteiger partial charge < -0.3 is 47.5 Å². The molecule has 0 aliphatic rings. The first-order chi connectivity index (χ1) is 16.3. The average Bonchev–Trinajstić information content (AvgIpc) is 3.32. The maximum Gasteiger partial charge on any atom is 0.309 e. The highest BCUT2D eigenvalue weighted by Gasteiger charge is 2.23. The largest absolute Gasteiger partial charge is 1.00 e. The smallest absolute Gasteiger partial charge is 0.309 e. The molecule has 3 aromatic rings. The highest BCUT2D eigenvalue weighted by molar-refractivity contribution is 7.10. The number of nitrogens with one attached hydrogen (secondary N) is 1. The van der Waals surface area contributed by atoms with Gasteiger partial charge in [-0.2, -0.15) is 4.37 Å². The molecular weight excluding hydrogens is 498 g/mol. The van der Waals surface area contributed by atoms with Crippen molar-refractivity contribution in [1.82, 2.24) is 4.37 Å². The number of carbonyl (C=O) groups excluding carboxylic acids is 1. The van der Waals surface area contributed by atoms with E-state index >= 15 is 0 Å². The van der Waals surface area contributed by atoms with Crippen LogP contribution in [0.1, 0.15) is 6.42 Å². The summed E-state index contributed by atoms with van der Waals surface area (Å²) < 4.78 is 26.1. The number of hydrogen-bond acceptors (Lipinski definition) is 8. The lowest BCUT2D eigenvalue weighted by atomic mass is 10.0. The molecule has 0 saturated carbocycles. The van der Waals surface area contributed by atoms with Crippen LogP contribution >= 0.6 is 11.5 Å². The van der Waals surface area contributed by atoms with Gasteiger partial charge in [0.25, 0.3) is 5.91 Å². The van der Waals surface area contributed by atoms with Gasteiger partial charge >= 0.3 is 5.97 Å². The molecule has 188 valence electrons. The van der Waals surface area contributed by atoms with Crippen LogP contribution in [0.15, 0.2) is 36.5 Å². The minimum atomic E-state index is -1.10. The number of halogens is 1. The Morgan fingerprint density at radius 3 is 2.17 bits per heavy atom. The summed E-state index contributed by atoms with van der Waals surface area (Å²) in [4.78, 5) is 24.2. The van der Waals surface area contributed by atoms with Gasteiger partial charge in [-0.1, -0.05) is 6.07 Å². The second-order valence-electron chi connectivity index (χ2n) is 7.18. The topological polar surface area (TPSA) is 144 Å². The Morgan fingerprint density at radius 1 is 1.00 bits per heavy atom. The van der Waals surface area contributed by atoms with Crippen molar-refractivity contribution >= 4 is 29.1 Å². The van der Waals surface area contributed by atoms with E-state index < -0.39 is 17.9 Å². The number of amides is 1. The highest BCUT2D eigenvalue weighted by Crippen LogP contribution is 2.45. The van der Waals surface area contributed by atoms with Crippen LogP contribution in [0.25, 0.3) is 21.6 Å². The van der Waals surface area contributed by atoms with Gasteiger partial charge in [0, 0.05) is 17.3 Å². The first kappa shape index (κ1) is 27.7. The summed E-state index contributed by atoms with van der Waals surface area (Å²) in [5, 5.41) is 11.7. The van der Waals surface area contributed by atoms with Crippen molar-refractivity contribution in [1.29, 1.82) is 0 Å². The molecule has 0 radical (unpaired) electrons. The van der Waals surface area contributed by atoms with Crippen molar-refractivity contribution in [3.8, 4) is 44.6 Å². The molecule has 3 rings (SSSR count). The number of carboxylic acids is 1. The standard InChI is InChI=1S/C23H25N3O7S.ClH/c1-30-17-6-5-12(7-16(17)26-23(29)15(24)10-20(27)28)14-11-25-34-22(14)13-8-18(31-2)21(33-4)19(9-13)32-3;/h5-9,11,15H,10,24H2,1-4H3,(H,26,29)(H,27,28);1H/t15-;/m0./s1. The van der Waals surface area contributed by atoms with Gasteiger partial charge in [0.05, 0.1) is 39.0 Å². The van der Waals surface area contributed by atoms with Crippen LogP contribution in [-0.2, 0) is 9.59 Å². The molecule has 0 unspecified atom stereocenters. The SMILES string of the molecule is COc1ccc(-c2cnsc2-c2cc(OC)c(OC)c(OC)c2)cc1NC(=O)[C@@H]([NH3+])CC(=O)O.[Cl-]. The van der Waals surface area contributed by atoms with Crippen LogP contribution in [0.3, 0.4) is 0 Å². The normalized spacial score (nSPS) is 11.1. The van der Waals surface area contributed by atoms with E-state index in [0.29, 0.717) is 28.7 Å². The van der Waals surface area contributed by atoms with Gasteiger partial charge in [-0.05, 0) is 41.4 Å². The minimum Gasteiger partial charge on any atom is -1.00 e. The highest BCUT2D eigenvalue weighted by atomic mass is 35.5. The fraction of sp³-hybridized carbons (Fsp3) is 0.261. The number of nitrogens with zero attached hydrogens (tertiary/aromatic N) is 1. The molecule has 2 aromatic carbocycles. The van der Waals surface area contributed by atoms with Gasteiger partial charge in [-0.15, -0.1) is 0 Å². The van der Waals surface area contributed by atoms with Crippen LogP contribution < -0.4 is 42.4 Å². The van der Waals surface area contributed by atoms with E-state index in [2.05, 4.69) is 15.4 Å². The van der Waals surface area contributed by atoms with Crippen LogP contribution in [0.2, 0.25) is 0 Å². The molecular formula is C23H26ClN3O7S. The number of aliphatic carboxylic acids is 1. The molecule has 1 heterocycles. The molecule has 35 heavy (non-hydrogen) atoms. The average molecular weight is 524 g/mol. The van der Waals surface area contributed by atoms with Gasteiger partial charge in [-0.3, -0.25) is 9.59 Å². The summed E-state index contributed by atoms with van der Waals surface area (Å²) in [5.74, 6) is 0.314. The fourth-order valence-corrected chi connectivity index (χ4v) is 4.13. The number of ether oxygens (including phenoxy) is 4. The van der Waals surface area contributed by atoms with Crippen molar-refractivity contribution in [2.24, 2.45) is 0 Å². The lowest BCUT2D eigenvalue weighted by molar-refractivity contribution is -0.401. The lowest BCUT2D eigenvalue weighted by Crippen LogP contribution is -3.00. The summed E-state index contributed by atoms with van der Waals surface area (Å²) in [6.45, 7) is 0. The Hall–Kier alpha value is -3.54. The molecule has 0 bridgehead atoms. The second-order valence-corrected chi connectivity index (χ2v) is 7.98. The zero-order valence-corrected chi connectivity index (χ0v) is 21.2. The monoisotopic (exact) mass is 523 g/mol. The van der Waals surface area contributed by atoms with Crippen molar-refractivity contribution in [3.05, 3.63) is 36.5 Å². The quantitative estimate of drug-likeness (QED) is 0.324. The molecule has 10 nitrogen and oxygen atoms in total. The van der Waals surface area contributed by atoms with Crippen molar-refractivity contribution in [3.63, 3.8) is 0 Å². The number of methoxy groups -OCH3 is 4. The van der Waals surface area contributed by atoms with E-state index in [1.165, 1.54) is 25.8 Å². The minimum absolute atomic E-state index is 0. The van der Waals surface area contributed by atoms with Crippen molar-refractivity contribution in [2.75, 3.05) is 33.8 Å². The maximum absolute atomic E-state index is 12.5. The zero-order chi connectivity index (χ0) is 24.8. The Balaban J connectivity index is 0.00000432. The molecule has 0 aliphatic heterocycles. The van der Waals surface area contributed by atoms with Crippen LogP contribution in [0.4, 0.5) is 5.69 Å². The number of carbonyl (C=O) groups is 2. The molecule has 0 saturated heterocycles. The molecule has 1 aromatic heterocycles. The number of benzene rings is 2. The number of aromatic nitrogens is 1. The van der Waals surface area contributed by atoms with E-state index in [1.54, 1.807) is 32.5 Å². The summed E-state index contributed by atoms with van der Waals surface area (Å²) >= 11 is 1.29. The summed E-state index contributed by atoms with van der Waals surface area (Å²) in [5.41, 5.74) is 6.42. The van der Waals surface area contributed by atoms with Crippen molar-refractivity contribution < 1.29 is 51.8 Å². The van der Waals surface area contributed by atoms with Gasteiger partial charge in [-0.25, -0.2) is 0 Å². The molecule has 1 amide bonds. The van der Waals surface area contributed by atoms with E-state index in [-0.39, 0.29) is 18.8 Å². The molecule has 1 atom stereocenters. The number of anilines is 1. The predicted octanol–water partition coefficient (Wildman–Crippen LogP) is -0.461. The van der Waals surface area contributed by atoms with Gasteiger partial charge in [0.15, 0.2) is 17.5 Å². The summed E-state index contributed by atoms with van der Waals surface area (Å²) in [7, 11) is 6.12. The Labute approximate surface area is 212 Å². The molecule has 0 fully saturated rings. The van der Waals surface area contributed by atoms with E-state index in [4.69, 9.17) is 24.1 Å². The molecule has 0 spiro atoms. The molecule has 0 aliphatic carbocycles. The van der Waals surface area contributed by atoms with Crippen LogP contribution in [0, 0.1) is 0 Å². The number of hydrogen-bond donors (Lipinski definition) is 3. The summed E-state index contributed by atoms with van der Waals surface area (Å²) in [6.07, 6.45) is 1.35. The Morgan fingerprint density at radius 2 is 1.63 bits per heavy atom. The van der Waals surface area contributed by atoms with E-state index in [9.17, 15) is 9.59 Å². The van der Waals surface area contributed by atoms with Crippen LogP contribution in [-0.4, -0.2) is 55.8 Å². The first-order valence-electron chi connectivity index (χ1n) is 10.1. The molecule has 5 N–H and O–H groups in total. The third-order valence-electron chi connectivity index (χ3n) is 5.06. The van der Waals surface area contributed by atoms with Gasteiger partial charge in [0.1, 0.15) is 12.2 Å². The lowest BCUT2D eigenvalue weighted by Gasteiger charge is -2.15. The maximum atomic E-state index is 12.5. The van der Waals surface area contributed by atoms with Crippen LogP contribution in [0.5, 0.6) is 23.0 Å². The predicted molar refractivity (Wildman–Crippen MR) is 127 cm³/mol. The fourth-order valence-electron chi connectivity index (χ4n) is 3.38. The molecule has 12 heteroatoms. The zero-order valence-electron chi connectivity index (χ0n) is 19.6. The summed E-state index contributed by atoms with van der Waals surface area (Å²) in [6, 6.07) is 8.03. The van der Waals surface area contributed by atoms with Crippen molar-refractivity contribution in [2.45, 2.75) is 12.5 Å². The van der Waals surface area contributed by atoms with Gasteiger partial charge in [0.2, 0.25) is 5.75 Å².